The van der Waals surface area contributed by atoms with Gasteiger partial charge in [-0.1, -0.05) is 13.8 Å². The van der Waals surface area contributed by atoms with Crippen molar-refractivity contribution in [3.05, 3.63) is 0 Å². The summed E-state index contributed by atoms with van der Waals surface area (Å²) in [6, 6.07) is 0. The third-order valence-electron chi connectivity index (χ3n) is 1.48. The van der Waals surface area contributed by atoms with Crippen molar-refractivity contribution in [2.75, 3.05) is 5.75 Å². The zero-order valence-corrected chi connectivity index (χ0v) is 9.39. The molecule has 0 saturated heterocycles. The molecule has 0 rings (SSSR count). The van der Waals surface area contributed by atoms with Gasteiger partial charge in [0, 0.05) is 6.42 Å². The number of carbonyl (C=O) groups excluding carboxylic acids is 1. The summed E-state index contributed by atoms with van der Waals surface area (Å²) in [5.74, 6) is -0.431. The fourth-order valence-electron chi connectivity index (χ4n) is 0.856. The molecule has 2 N–H and O–H groups in total. The Balaban J connectivity index is 3.95. The van der Waals surface area contributed by atoms with Crippen molar-refractivity contribution >= 4 is 23.6 Å². The maximum absolute atomic E-state index is 11.1. The van der Waals surface area contributed by atoms with Crippen LogP contribution in [0.1, 0.15) is 33.1 Å². The van der Waals surface area contributed by atoms with Gasteiger partial charge < -0.3 is 10.4 Å². The molecule has 0 aliphatic heterocycles. The molecule has 0 aromatic rings. The van der Waals surface area contributed by atoms with E-state index in [0.717, 1.165) is 18.6 Å². The first kappa shape index (κ1) is 13.3. The number of thioether (sulfide) groups is 1. The molecule has 0 aromatic carbocycles. The predicted octanol–water partition coefficient (Wildman–Crippen LogP) is 1.46. The Hall–Kier alpha value is -0.710. The zero-order chi connectivity index (χ0) is 11.0. The van der Waals surface area contributed by atoms with Crippen LogP contribution in [0.5, 0.6) is 0 Å². The van der Waals surface area contributed by atoms with Crippen molar-refractivity contribution in [1.29, 1.82) is 0 Å². The molecule has 0 radical (unpaired) electrons. The fourth-order valence-corrected chi connectivity index (χ4v) is 1.68. The molecule has 0 aromatic heterocycles. The SMILES string of the molecule is CCCSC(NC(=O)CCC)C(=O)O. The van der Waals surface area contributed by atoms with Crippen molar-refractivity contribution in [3.63, 3.8) is 0 Å². The van der Waals surface area contributed by atoms with Crippen LogP contribution in [0, 0.1) is 0 Å². The third-order valence-corrected chi connectivity index (χ3v) is 2.78. The molecular formula is C9H17NO3S. The molecule has 0 aliphatic rings. The predicted molar refractivity (Wildman–Crippen MR) is 57.2 cm³/mol. The van der Waals surface area contributed by atoms with Crippen LogP contribution < -0.4 is 5.32 Å². The van der Waals surface area contributed by atoms with Crippen LogP contribution in [0.2, 0.25) is 0 Å². The Morgan fingerprint density at radius 2 is 2.00 bits per heavy atom. The van der Waals surface area contributed by atoms with E-state index >= 15 is 0 Å². The summed E-state index contributed by atoms with van der Waals surface area (Å²) >= 11 is 1.25. The molecule has 82 valence electrons. The number of hydrogen-bond donors (Lipinski definition) is 2. The van der Waals surface area contributed by atoms with Crippen LogP contribution in [-0.4, -0.2) is 28.1 Å². The van der Waals surface area contributed by atoms with E-state index in [1.165, 1.54) is 11.8 Å². The Kier molecular flexibility index (Phi) is 7.28. The molecule has 0 spiro atoms. The van der Waals surface area contributed by atoms with Gasteiger partial charge in [-0.05, 0) is 18.6 Å². The van der Waals surface area contributed by atoms with Gasteiger partial charge in [-0.15, -0.1) is 11.8 Å². The lowest BCUT2D eigenvalue weighted by Crippen LogP contribution is -2.38. The highest BCUT2D eigenvalue weighted by Crippen LogP contribution is 2.10. The van der Waals surface area contributed by atoms with E-state index in [0.29, 0.717) is 6.42 Å². The number of nitrogens with one attached hydrogen (secondary N) is 1. The van der Waals surface area contributed by atoms with Crippen LogP contribution in [0.4, 0.5) is 0 Å². The Labute approximate surface area is 88.4 Å². The van der Waals surface area contributed by atoms with Crippen molar-refractivity contribution in [3.8, 4) is 0 Å². The summed E-state index contributed by atoms with van der Waals surface area (Å²) in [6.45, 7) is 3.86. The average molecular weight is 219 g/mol. The Morgan fingerprint density at radius 3 is 2.43 bits per heavy atom. The van der Waals surface area contributed by atoms with Gasteiger partial charge >= 0.3 is 5.97 Å². The molecule has 0 fully saturated rings. The molecular weight excluding hydrogens is 202 g/mol. The van der Waals surface area contributed by atoms with Gasteiger partial charge in [-0.2, -0.15) is 0 Å². The molecule has 14 heavy (non-hydrogen) atoms. The first-order chi connectivity index (χ1) is 6.61. The zero-order valence-electron chi connectivity index (χ0n) is 8.58. The molecule has 0 heterocycles. The minimum atomic E-state index is -0.979. The second-order valence-corrected chi connectivity index (χ2v) is 4.12. The van der Waals surface area contributed by atoms with E-state index in [4.69, 9.17) is 5.11 Å². The van der Waals surface area contributed by atoms with Crippen molar-refractivity contribution in [1.82, 2.24) is 5.32 Å². The standard InChI is InChI=1S/C9H17NO3S/c1-3-5-7(11)10-8(9(12)13)14-6-4-2/h8H,3-6H2,1-2H3,(H,10,11)(H,12,13). The van der Waals surface area contributed by atoms with Crippen LogP contribution in [0.3, 0.4) is 0 Å². The quantitative estimate of drug-likeness (QED) is 0.636. The van der Waals surface area contributed by atoms with Crippen LogP contribution in [-0.2, 0) is 9.59 Å². The molecule has 0 aliphatic carbocycles. The van der Waals surface area contributed by atoms with E-state index in [2.05, 4.69) is 5.32 Å². The van der Waals surface area contributed by atoms with E-state index in [1.807, 2.05) is 13.8 Å². The van der Waals surface area contributed by atoms with Gasteiger partial charge in [0.15, 0.2) is 5.37 Å². The van der Waals surface area contributed by atoms with Crippen LogP contribution in [0.25, 0.3) is 0 Å². The van der Waals surface area contributed by atoms with Gasteiger partial charge in [-0.25, -0.2) is 4.79 Å². The monoisotopic (exact) mass is 219 g/mol. The lowest BCUT2D eigenvalue weighted by Gasteiger charge is -2.12. The minimum absolute atomic E-state index is 0.191. The smallest absolute Gasteiger partial charge is 0.336 e. The fraction of sp³-hybridized carbons (Fsp3) is 0.778. The molecule has 1 atom stereocenters. The summed E-state index contributed by atoms with van der Waals surface area (Å²) < 4.78 is 0. The number of amides is 1. The highest BCUT2D eigenvalue weighted by atomic mass is 32.2. The van der Waals surface area contributed by atoms with E-state index in [9.17, 15) is 9.59 Å². The summed E-state index contributed by atoms with van der Waals surface area (Å²) in [5.41, 5.74) is 0. The Morgan fingerprint density at radius 1 is 1.36 bits per heavy atom. The Bertz CT molecular complexity index is 196. The highest BCUT2D eigenvalue weighted by Gasteiger charge is 2.18. The number of carboxylic acids is 1. The maximum Gasteiger partial charge on any atom is 0.336 e. The van der Waals surface area contributed by atoms with Crippen molar-refractivity contribution < 1.29 is 14.7 Å². The second kappa shape index (κ2) is 7.67. The first-order valence-corrected chi connectivity index (χ1v) is 5.80. The summed E-state index contributed by atoms with van der Waals surface area (Å²) in [4.78, 5) is 21.8. The molecule has 0 bridgehead atoms. The summed E-state index contributed by atoms with van der Waals surface area (Å²) in [5, 5.41) is 10.5. The van der Waals surface area contributed by atoms with E-state index < -0.39 is 11.3 Å². The van der Waals surface area contributed by atoms with Crippen LogP contribution in [0.15, 0.2) is 0 Å². The van der Waals surface area contributed by atoms with Gasteiger partial charge in [0.05, 0.1) is 0 Å². The first-order valence-electron chi connectivity index (χ1n) is 4.75. The summed E-state index contributed by atoms with van der Waals surface area (Å²) in [6.07, 6.45) is 2.02. The molecule has 1 unspecified atom stereocenters. The molecule has 0 saturated carbocycles. The number of carboxylic acid groups (broad SMARTS) is 1. The number of rotatable bonds is 7. The maximum atomic E-state index is 11.1. The lowest BCUT2D eigenvalue weighted by molar-refractivity contribution is -0.139. The highest BCUT2D eigenvalue weighted by molar-refractivity contribution is 8.00. The van der Waals surface area contributed by atoms with E-state index in [1.54, 1.807) is 0 Å². The van der Waals surface area contributed by atoms with Gasteiger partial charge in [0.1, 0.15) is 0 Å². The molecule has 1 amide bonds. The topological polar surface area (TPSA) is 66.4 Å². The van der Waals surface area contributed by atoms with Crippen molar-refractivity contribution in [2.45, 2.75) is 38.5 Å². The average Bonchev–Trinajstić information content (AvgIpc) is 2.12. The van der Waals surface area contributed by atoms with Gasteiger partial charge in [0.2, 0.25) is 5.91 Å². The van der Waals surface area contributed by atoms with E-state index in [-0.39, 0.29) is 5.91 Å². The third kappa shape index (κ3) is 5.85. The van der Waals surface area contributed by atoms with Crippen molar-refractivity contribution in [2.24, 2.45) is 0 Å². The normalized spacial score (nSPS) is 12.1. The lowest BCUT2D eigenvalue weighted by atomic mass is 10.3. The van der Waals surface area contributed by atoms with Gasteiger partial charge in [-0.3, -0.25) is 4.79 Å². The summed E-state index contributed by atoms with van der Waals surface area (Å²) in [7, 11) is 0. The number of carbonyl (C=O) groups is 2. The number of hydrogen-bond acceptors (Lipinski definition) is 3. The largest absolute Gasteiger partial charge is 0.479 e. The van der Waals surface area contributed by atoms with Gasteiger partial charge in [0.25, 0.3) is 0 Å². The number of aliphatic carboxylic acids is 1. The molecule has 4 nitrogen and oxygen atoms in total. The molecule has 5 heteroatoms. The minimum Gasteiger partial charge on any atom is -0.479 e. The second-order valence-electron chi connectivity index (χ2n) is 2.91. The van der Waals surface area contributed by atoms with Crippen LogP contribution >= 0.6 is 11.8 Å².